The fourth-order valence-corrected chi connectivity index (χ4v) is 1.90. The summed E-state index contributed by atoms with van der Waals surface area (Å²) < 4.78 is 0.459. The lowest BCUT2D eigenvalue weighted by atomic mass is 10.2. The summed E-state index contributed by atoms with van der Waals surface area (Å²) in [4.78, 5) is 13.6. The number of rotatable bonds is 7. The summed E-state index contributed by atoms with van der Waals surface area (Å²) in [6.45, 7) is 4.63. The van der Waals surface area contributed by atoms with Crippen LogP contribution in [0.4, 0.5) is 11.4 Å². The Morgan fingerprint density at radius 3 is 2.62 bits per heavy atom. The van der Waals surface area contributed by atoms with Crippen molar-refractivity contribution < 1.29 is 0 Å². The maximum absolute atomic E-state index is 11.6. The minimum absolute atomic E-state index is 0.0187. The van der Waals surface area contributed by atoms with E-state index in [1.54, 1.807) is 0 Å². The van der Waals surface area contributed by atoms with Crippen molar-refractivity contribution >= 4 is 23.6 Å². The molecule has 0 aliphatic rings. The number of hydrogen-bond acceptors (Lipinski definition) is 5. The fourth-order valence-electron chi connectivity index (χ4n) is 1.54. The van der Waals surface area contributed by atoms with E-state index in [-0.39, 0.29) is 5.43 Å². The number of hydrogen-bond donors (Lipinski definition) is 2. The van der Waals surface area contributed by atoms with Gasteiger partial charge in [0.2, 0.25) is 5.43 Å². The minimum atomic E-state index is -0.0187. The Hall–Kier alpha value is -0.940. The maximum atomic E-state index is 11.6. The van der Waals surface area contributed by atoms with Crippen LogP contribution in [-0.2, 0) is 0 Å². The monoisotopic (exact) mass is 241 g/mol. The van der Waals surface area contributed by atoms with Gasteiger partial charge in [-0.15, -0.1) is 0 Å². The molecule has 0 radical (unpaired) electrons. The average molecular weight is 241 g/mol. The zero-order chi connectivity index (χ0) is 12.1. The van der Waals surface area contributed by atoms with Gasteiger partial charge in [-0.25, -0.2) is 0 Å². The lowest BCUT2D eigenvalue weighted by molar-refractivity contribution is 0.747. The Morgan fingerprint density at radius 1 is 1.38 bits per heavy atom. The molecule has 0 atom stereocenters. The summed E-state index contributed by atoms with van der Waals surface area (Å²) in [6, 6.07) is 0. The molecule has 0 bridgehead atoms. The summed E-state index contributed by atoms with van der Waals surface area (Å²) in [5, 5.41) is 6.23. The lowest BCUT2D eigenvalue weighted by Crippen LogP contribution is -2.28. The molecule has 1 aromatic carbocycles. The van der Waals surface area contributed by atoms with Crippen molar-refractivity contribution in [2.75, 3.05) is 43.9 Å². The van der Waals surface area contributed by atoms with Crippen molar-refractivity contribution in [3.8, 4) is 0 Å². The Kier molecular flexibility index (Phi) is 4.89. The van der Waals surface area contributed by atoms with Crippen LogP contribution in [0.25, 0.3) is 0 Å². The summed E-state index contributed by atoms with van der Waals surface area (Å²) >= 11 is 5.05. The van der Waals surface area contributed by atoms with Gasteiger partial charge in [0.05, 0.1) is 5.69 Å². The third-order valence-electron chi connectivity index (χ3n) is 2.65. The van der Waals surface area contributed by atoms with Gasteiger partial charge < -0.3 is 15.5 Å². The van der Waals surface area contributed by atoms with Crippen molar-refractivity contribution in [3.63, 3.8) is 0 Å². The van der Waals surface area contributed by atoms with Gasteiger partial charge in [-0.1, -0.05) is 12.2 Å². The molecule has 1 aromatic rings. The number of anilines is 2. The van der Waals surface area contributed by atoms with Crippen LogP contribution in [0.2, 0.25) is 0 Å². The molecule has 0 saturated carbocycles. The summed E-state index contributed by atoms with van der Waals surface area (Å²) in [5.41, 5.74) is 1.56. The zero-order valence-corrected chi connectivity index (χ0v) is 10.9. The first-order valence-electron chi connectivity index (χ1n) is 5.56. The van der Waals surface area contributed by atoms with Crippen LogP contribution in [0.1, 0.15) is 13.3 Å². The van der Waals surface area contributed by atoms with Gasteiger partial charge in [-0.3, -0.25) is 4.79 Å². The van der Waals surface area contributed by atoms with Crippen LogP contribution >= 0.6 is 12.2 Å². The van der Waals surface area contributed by atoms with E-state index in [1.807, 2.05) is 25.9 Å². The third kappa shape index (κ3) is 2.59. The standard InChI is InChI=1S/C11H19N3OS/c1-4-14(3)9-8(10(15)11(9)16)13-7-5-6-12-2/h12-13H,4-7H2,1-3H3. The highest BCUT2D eigenvalue weighted by Gasteiger charge is 2.19. The first kappa shape index (κ1) is 13.1. The minimum Gasteiger partial charge on any atom is -0.380 e. The number of nitrogens with zero attached hydrogens (tertiary/aromatic N) is 1. The molecular weight excluding hydrogens is 222 g/mol. The molecule has 0 aromatic heterocycles. The van der Waals surface area contributed by atoms with Gasteiger partial charge >= 0.3 is 0 Å². The fraction of sp³-hybridized carbons (Fsp3) is 0.636. The topological polar surface area (TPSA) is 44.4 Å². The normalized spacial score (nSPS) is 10.7. The molecule has 0 aliphatic heterocycles. The molecule has 16 heavy (non-hydrogen) atoms. The Bertz CT molecular complexity index is 409. The average Bonchev–Trinajstić information content (AvgIpc) is 2.31. The Balaban J connectivity index is 2.63. The Morgan fingerprint density at radius 2 is 2.06 bits per heavy atom. The van der Waals surface area contributed by atoms with E-state index >= 15 is 0 Å². The molecule has 1 rings (SSSR count). The van der Waals surface area contributed by atoms with Gasteiger partial charge in [-0.2, -0.15) is 0 Å². The highest BCUT2D eigenvalue weighted by molar-refractivity contribution is 7.71. The second-order valence-electron chi connectivity index (χ2n) is 3.78. The van der Waals surface area contributed by atoms with Crippen molar-refractivity contribution in [2.45, 2.75) is 13.3 Å². The first-order chi connectivity index (χ1) is 7.63. The van der Waals surface area contributed by atoms with Crippen molar-refractivity contribution in [1.82, 2.24) is 5.32 Å². The predicted molar refractivity (Wildman–Crippen MR) is 71.9 cm³/mol. The van der Waals surface area contributed by atoms with Gasteiger partial charge in [0.1, 0.15) is 10.2 Å². The van der Waals surface area contributed by atoms with E-state index in [1.165, 1.54) is 0 Å². The molecule has 0 aliphatic carbocycles. The summed E-state index contributed by atoms with van der Waals surface area (Å²) in [6.07, 6.45) is 0.989. The second kappa shape index (κ2) is 5.96. The van der Waals surface area contributed by atoms with E-state index in [9.17, 15) is 4.79 Å². The molecule has 0 spiro atoms. The van der Waals surface area contributed by atoms with E-state index in [2.05, 4.69) is 10.6 Å². The van der Waals surface area contributed by atoms with Crippen molar-refractivity contribution in [2.24, 2.45) is 0 Å². The molecule has 5 heteroatoms. The highest BCUT2D eigenvalue weighted by atomic mass is 32.1. The Labute approximate surface area is 101 Å². The van der Waals surface area contributed by atoms with Gasteiger partial charge in [0.15, 0.2) is 0 Å². The van der Waals surface area contributed by atoms with E-state index < -0.39 is 0 Å². The lowest BCUT2D eigenvalue weighted by Gasteiger charge is -2.23. The molecule has 4 nitrogen and oxygen atoms in total. The molecule has 90 valence electrons. The third-order valence-corrected chi connectivity index (χ3v) is 3.03. The molecule has 0 fully saturated rings. The molecule has 0 heterocycles. The smallest absolute Gasteiger partial charge is 0.223 e. The molecular formula is C11H19N3OS. The van der Waals surface area contributed by atoms with Gasteiger partial charge in [-0.05, 0) is 26.9 Å². The number of nitrogens with one attached hydrogen (secondary N) is 2. The van der Waals surface area contributed by atoms with E-state index in [4.69, 9.17) is 12.2 Å². The van der Waals surface area contributed by atoms with E-state index in [0.717, 1.165) is 31.7 Å². The van der Waals surface area contributed by atoms with Crippen LogP contribution in [0.5, 0.6) is 0 Å². The molecule has 2 N–H and O–H groups in total. The molecule has 0 unspecified atom stereocenters. The largest absolute Gasteiger partial charge is 0.380 e. The van der Waals surface area contributed by atoms with Gasteiger partial charge in [0, 0.05) is 20.1 Å². The maximum Gasteiger partial charge on any atom is 0.223 e. The molecule has 0 saturated heterocycles. The predicted octanol–water partition coefficient (Wildman–Crippen LogP) is 1.13. The van der Waals surface area contributed by atoms with Crippen molar-refractivity contribution in [3.05, 3.63) is 14.7 Å². The first-order valence-corrected chi connectivity index (χ1v) is 5.97. The second-order valence-corrected chi connectivity index (χ2v) is 4.19. The summed E-state index contributed by atoms with van der Waals surface area (Å²) in [5.74, 6) is 0. The van der Waals surface area contributed by atoms with Gasteiger partial charge in [0.25, 0.3) is 0 Å². The van der Waals surface area contributed by atoms with Crippen LogP contribution < -0.4 is 21.0 Å². The highest BCUT2D eigenvalue weighted by Crippen LogP contribution is 2.26. The van der Waals surface area contributed by atoms with Crippen molar-refractivity contribution in [1.29, 1.82) is 0 Å². The SMILES string of the molecule is CCN(C)c1c(NCCCNC)c(=O)c1=S. The van der Waals surface area contributed by atoms with Crippen LogP contribution in [0.3, 0.4) is 0 Å². The van der Waals surface area contributed by atoms with E-state index in [0.29, 0.717) is 10.2 Å². The van der Waals surface area contributed by atoms with Crippen LogP contribution in [-0.4, -0.2) is 33.7 Å². The molecule has 0 amide bonds. The summed E-state index contributed by atoms with van der Waals surface area (Å²) in [7, 11) is 3.86. The van der Waals surface area contributed by atoms with Crippen LogP contribution in [0, 0.1) is 4.51 Å². The zero-order valence-electron chi connectivity index (χ0n) is 10.1. The quantitative estimate of drug-likeness (QED) is 0.553. The van der Waals surface area contributed by atoms with Crippen LogP contribution in [0.15, 0.2) is 4.79 Å².